The Bertz CT molecular complexity index is 584. The summed E-state index contributed by atoms with van der Waals surface area (Å²) < 4.78 is 19.5. The molecule has 0 saturated carbocycles. The second-order valence-corrected chi connectivity index (χ2v) is 5.39. The summed E-state index contributed by atoms with van der Waals surface area (Å²) in [5.74, 6) is -2.10. The van der Waals surface area contributed by atoms with E-state index in [0.717, 1.165) is 24.2 Å². The number of nitrogens with zero attached hydrogens (tertiary/aromatic N) is 1. The van der Waals surface area contributed by atoms with Gasteiger partial charge in [0, 0.05) is 6.61 Å². The third-order valence-corrected chi connectivity index (χ3v) is 3.99. The molecule has 4 nitrogen and oxygen atoms in total. The minimum Gasteiger partial charge on any atom is -0.376 e. The van der Waals surface area contributed by atoms with E-state index in [2.05, 4.69) is 0 Å². The zero-order valence-electron chi connectivity index (χ0n) is 10.7. The Labute approximate surface area is 120 Å². The van der Waals surface area contributed by atoms with Crippen LogP contribution in [0.15, 0.2) is 12.1 Å². The first-order chi connectivity index (χ1) is 9.59. The van der Waals surface area contributed by atoms with Gasteiger partial charge in [-0.15, -0.1) is 0 Å². The van der Waals surface area contributed by atoms with Gasteiger partial charge in [-0.3, -0.25) is 14.5 Å². The van der Waals surface area contributed by atoms with E-state index in [9.17, 15) is 14.0 Å². The Balaban J connectivity index is 1.95. The number of hydrogen-bond donors (Lipinski definition) is 0. The van der Waals surface area contributed by atoms with E-state index in [1.807, 2.05) is 0 Å². The third-order valence-electron chi connectivity index (χ3n) is 3.67. The van der Waals surface area contributed by atoms with E-state index < -0.39 is 17.5 Å². The zero-order valence-corrected chi connectivity index (χ0v) is 11.5. The molecule has 1 unspecified atom stereocenters. The Morgan fingerprint density at radius 2 is 2.15 bits per heavy atom. The second kappa shape index (κ2) is 5.14. The number of rotatable bonds is 2. The van der Waals surface area contributed by atoms with E-state index in [0.29, 0.717) is 6.61 Å². The minimum atomic E-state index is -0.750. The molecule has 1 amide bonds. The number of benzene rings is 1. The molecule has 2 aliphatic heterocycles. The highest BCUT2D eigenvalue weighted by molar-refractivity contribution is 6.55. The van der Waals surface area contributed by atoms with Crippen molar-refractivity contribution in [2.75, 3.05) is 18.1 Å². The molecule has 1 aromatic rings. The van der Waals surface area contributed by atoms with Crippen LogP contribution in [-0.4, -0.2) is 30.9 Å². The highest BCUT2D eigenvalue weighted by Gasteiger charge is 2.41. The summed E-state index contributed by atoms with van der Waals surface area (Å²) in [5.41, 5.74) is -0.0471. The van der Waals surface area contributed by atoms with Crippen LogP contribution in [-0.2, 0) is 9.53 Å². The average Bonchev–Trinajstić information content (AvgIpc) is 2.70. The van der Waals surface area contributed by atoms with Crippen LogP contribution >= 0.6 is 11.6 Å². The van der Waals surface area contributed by atoms with Crippen LogP contribution in [0.2, 0.25) is 5.02 Å². The topological polar surface area (TPSA) is 46.6 Å². The van der Waals surface area contributed by atoms with Gasteiger partial charge in [-0.25, -0.2) is 4.39 Å². The molecule has 106 valence electrons. The maximum absolute atomic E-state index is 14.0. The number of hydrogen-bond acceptors (Lipinski definition) is 3. The summed E-state index contributed by atoms with van der Waals surface area (Å²) in [6.07, 6.45) is 2.63. The number of ether oxygens (including phenoxy) is 1. The maximum Gasteiger partial charge on any atom is 0.299 e. The van der Waals surface area contributed by atoms with E-state index in [-0.39, 0.29) is 28.9 Å². The van der Waals surface area contributed by atoms with Crippen LogP contribution in [0.5, 0.6) is 0 Å². The van der Waals surface area contributed by atoms with Crippen LogP contribution in [0.1, 0.15) is 29.6 Å². The SMILES string of the molecule is O=C1C(=O)N(CC2CCCCO2)c2c(F)ccc(Cl)c21. The van der Waals surface area contributed by atoms with Crippen LogP contribution in [0.25, 0.3) is 0 Å². The molecule has 2 heterocycles. The summed E-state index contributed by atoms with van der Waals surface area (Å²) >= 11 is 5.91. The standard InChI is InChI=1S/C14H13ClFNO3/c15-9-4-5-10(16)12-11(9)13(18)14(19)17(12)7-8-3-1-2-6-20-8/h4-5,8H,1-3,6-7H2. The smallest absolute Gasteiger partial charge is 0.299 e. The monoisotopic (exact) mass is 297 g/mol. The molecule has 2 aliphatic rings. The molecule has 0 bridgehead atoms. The van der Waals surface area contributed by atoms with Gasteiger partial charge >= 0.3 is 0 Å². The Morgan fingerprint density at radius 3 is 2.85 bits per heavy atom. The van der Waals surface area contributed by atoms with Gasteiger partial charge in [-0.2, -0.15) is 0 Å². The largest absolute Gasteiger partial charge is 0.376 e. The zero-order chi connectivity index (χ0) is 14.3. The number of carbonyl (C=O) groups excluding carboxylic acids is 2. The lowest BCUT2D eigenvalue weighted by Gasteiger charge is -2.27. The van der Waals surface area contributed by atoms with Gasteiger partial charge in [0.1, 0.15) is 5.82 Å². The summed E-state index contributed by atoms with van der Waals surface area (Å²) in [6.45, 7) is 0.820. The van der Waals surface area contributed by atoms with E-state index >= 15 is 0 Å². The molecule has 1 fully saturated rings. The van der Waals surface area contributed by atoms with Gasteiger partial charge in [-0.1, -0.05) is 11.6 Å². The maximum atomic E-state index is 14.0. The van der Waals surface area contributed by atoms with Crippen LogP contribution in [0.3, 0.4) is 0 Å². The predicted molar refractivity (Wildman–Crippen MR) is 71.7 cm³/mol. The van der Waals surface area contributed by atoms with Crippen molar-refractivity contribution in [3.05, 3.63) is 28.5 Å². The van der Waals surface area contributed by atoms with Crippen molar-refractivity contribution in [1.82, 2.24) is 0 Å². The number of ketones is 1. The summed E-state index contributed by atoms with van der Waals surface area (Å²) in [5, 5.41) is 0.104. The normalized spacial score (nSPS) is 22.3. The molecule has 20 heavy (non-hydrogen) atoms. The number of halogens is 2. The van der Waals surface area contributed by atoms with Crippen molar-refractivity contribution < 1.29 is 18.7 Å². The van der Waals surface area contributed by atoms with Crippen LogP contribution in [0.4, 0.5) is 10.1 Å². The van der Waals surface area contributed by atoms with Crippen molar-refractivity contribution >= 4 is 29.0 Å². The number of Topliss-reactive ketones (excluding diaryl/α,β-unsaturated/α-hetero) is 1. The Kier molecular flexibility index (Phi) is 3.48. The van der Waals surface area contributed by atoms with Crippen molar-refractivity contribution in [1.29, 1.82) is 0 Å². The fourth-order valence-corrected chi connectivity index (χ4v) is 2.92. The quantitative estimate of drug-likeness (QED) is 0.788. The van der Waals surface area contributed by atoms with E-state index in [4.69, 9.17) is 16.3 Å². The van der Waals surface area contributed by atoms with Gasteiger partial charge in [0.2, 0.25) is 0 Å². The number of carbonyl (C=O) groups is 2. The fraction of sp³-hybridized carbons (Fsp3) is 0.429. The lowest BCUT2D eigenvalue weighted by molar-refractivity contribution is -0.114. The van der Waals surface area contributed by atoms with Crippen molar-refractivity contribution in [3.8, 4) is 0 Å². The van der Waals surface area contributed by atoms with Gasteiger partial charge in [0.25, 0.3) is 11.7 Å². The third kappa shape index (κ3) is 2.11. The van der Waals surface area contributed by atoms with Crippen molar-refractivity contribution in [2.24, 2.45) is 0 Å². The first-order valence-corrected chi connectivity index (χ1v) is 6.93. The molecule has 1 atom stereocenters. The number of fused-ring (bicyclic) bond motifs is 1. The van der Waals surface area contributed by atoms with Crippen LogP contribution in [0, 0.1) is 5.82 Å². The van der Waals surface area contributed by atoms with Gasteiger partial charge < -0.3 is 4.74 Å². The van der Waals surface area contributed by atoms with Gasteiger partial charge in [-0.05, 0) is 31.4 Å². The highest BCUT2D eigenvalue weighted by atomic mass is 35.5. The molecular weight excluding hydrogens is 285 g/mol. The van der Waals surface area contributed by atoms with Gasteiger partial charge in [0.05, 0.1) is 28.9 Å². The number of anilines is 1. The molecular formula is C14H13ClFNO3. The molecule has 0 aromatic heterocycles. The molecule has 0 radical (unpaired) electrons. The fourth-order valence-electron chi connectivity index (χ4n) is 2.68. The molecule has 0 N–H and O–H groups in total. The first-order valence-electron chi connectivity index (χ1n) is 6.55. The second-order valence-electron chi connectivity index (χ2n) is 4.99. The minimum absolute atomic E-state index is 0.0123. The predicted octanol–water partition coefficient (Wildman–Crippen LogP) is 2.58. The molecule has 1 aromatic carbocycles. The first kappa shape index (κ1) is 13.5. The highest BCUT2D eigenvalue weighted by Crippen LogP contribution is 2.37. The molecule has 1 saturated heterocycles. The average molecular weight is 298 g/mol. The summed E-state index contributed by atoms with van der Waals surface area (Å²) in [7, 11) is 0. The van der Waals surface area contributed by atoms with Crippen molar-refractivity contribution in [3.63, 3.8) is 0 Å². The lowest BCUT2D eigenvalue weighted by Crippen LogP contribution is -2.39. The molecule has 0 spiro atoms. The lowest BCUT2D eigenvalue weighted by atomic mass is 10.1. The Hall–Kier alpha value is -1.46. The Morgan fingerprint density at radius 1 is 1.35 bits per heavy atom. The summed E-state index contributed by atoms with van der Waals surface area (Å²) in [4.78, 5) is 25.1. The molecule has 6 heteroatoms. The summed E-state index contributed by atoms with van der Waals surface area (Å²) in [6, 6.07) is 2.46. The molecule has 3 rings (SSSR count). The van der Waals surface area contributed by atoms with Crippen molar-refractivity contribution in [2.45, 2.75) is 25.4 Å². The van der Waals surface area contributed by atoms with E-state index in [1.54, 1.807) is 0 Å². The van der Waals surface area contributed by atoms with E-state index in [1.165, 1.54) is 12.1 Å². The molecule has 0 aliphatic carbocycles. The van der Waals surface area contributed by atoms with Gasteiger partial charge in [0.15, 0.2) is 0 Å². The van der Waals surface area contributed by atoms with Crippen LogP contribution < -0.4 is 4.90 Å². The number of amides is 1.